The number of rotatable bonds is 7. The monoisotopic (exact) mass is 519 g/mol. The second-order valence-electron chi connectivity index (χ2n) is 9.68. The lowest BCUT2D eigenvalue weighted by atomic mass is 9.92. The molecule has 0 unspecified atom stereocenters. The summed E-state index contributed by atoms with van der Waals surface area (Å²) in [4.78, 5) is 18.1. The zero-order valence-electron chi connectivity index (χ0n) is 20.7. The minimum atomic E-state index is -3.93. The second kappa shape index (κ2) is 9.95. The molecule has 2 aromatic carbocycles. The number of nitrogens with one attached hydrogen (secondary N) is 1. The van der Waals surface area contributed by atoms with Crippen LogP contribution in [0.2, 0.25) is 0 Å². The first kappa shape index (κ1) is 24.9. The second-order valence-corrected chi connectivity index (χ2v) is 11.5. The van der Waals surface area contributed by atoms with Crippen LogP contribution in [-0.2, 0) is 16.6 Å². The molecule has 4 aromatic rings. The molecule has 1 aliphatic rings. The Bertz CT molecular complexity index is 1530. The zero-order valence-corrected chi connectivity index (χ0v) is 21.6. The third-order valence-corrected chi connectivity index (χ3v) is 8.74. The summed E-state index contributed by atoms with van der Waals surface area (Å²) in [5.74, 6) is 0.271. The number of hydrogen-bond donors (Lipinski definition) is 1. The van der Waals surface area contributed by atoms with Gasteiger partial charge in [0.2, 0.25) is 0 Å². The molecule has 3 heterocycles. The molecule has 0 bridgehead atoms. The van der Waals surface area contributed by atoms with Crippen LogP contribution in [0.15, 0.2) is 78.0 Å². The van der Waals surface area contributed by atoms with Crippen LogP contribution in [-0.4, -0.2) is 46.3 Å². The van der Waals surface area contributed by atoms with Crippen LogP contribution in [0.1, 0.15) is 24.5 Å². The number of likely N-dealkylation sites (tertiary alicyclic amines) is 1. The zero-order chi connectivity index (χ0) is 26.2. The van der Waals surface area contributed by atoms with Crippen molar-refractivity contribution in [1.29, 1.82) is 0 Å². The van der Waals surface area contributed by atoms with E-state index in [1.807, 2.05) is 25.1 Å². The van der Waals surface area contributed by atoms with Crippen molar-refractivity contribution < 1.29 is 13.3 Å². The number of pyridine rings is 1. The molecule has 2 atom stereocenters. The van der Waals surface area contributed by atoms with E-state index in [4.69, 9.17) is 0 Å². The summed E-state index contributed by atoms with van der Waals surface area (Å²) in [5, 5.41) is 15.8. The van der Waals surface area contributed by atoms with E-state index in [0.717, 1.165) is 35.2 Å². The molecule has 37 heavy (non-hydrogen) atoms. The van der Waals surface area contributed by atoms with Gasteiger partial charge in [0.1, 0.15) is 11.9 Å². The number of nitrogens with zero attached hydrogens (tertiary/aromatic N) is 4. The molecule has 2 aromatic heterocycles. The number of nitro groups is 1. The predicted molar refractivity (Wildman–Crippen MR) is 143 cm³/mol. The molecule has 0 radical (unpaired) electrons. The first-order chi connectivity index (χ1) is 17.7. The standard InChI is InChI=1S/C27H29N5O4S/c1-19-8-10-22(11-9-19)37(35,36)31-15-13-23-26(25(32(33)34)16-28-27(23)31)29-24-18-30(14-12-20(24)2)17-21-6-4-3-5-7-21/h3-11,13,15-16,20,24H,12,14,17-18H2,1-2H3,(H,28,29)/t20-,24+/m0/s1. The third-order valence-electron chi connectivity index (χ3n) is 7.06. The SMILES string of the molecule is Cc1ccc(S(=O)(=O)n2ccc3c(N[C@@H]4CN(Cc5ccccc5)CC[C@@H]4C)c([N+](=O)[O-])cnc32)cc1. The summed E-state index contributed by atoms with van der Waals surface area (Å²) in [6, 6.07) is 18.3. The van der Waals surface area contributed by atoms with E-state index in [0.29, 0.717) is 17.6 Å². The molecular weight excluding hydrogens is 490 g/mol. The third kappa shape index (κ3) is 4.94. The van der Waals surface area contributed by atoms with Crippen LogP contribution in [0.25, 0.3) is 11.0 Å². The smallest absolute Gasteiger partial charge is 0.311 e. The minimum Gasteiger partial charge on any atom is -0.375 e. The Morgan fingerprint density at radius 1 is 1.11 bits per heavy atom. The number of piperidine rings is 1. The van der Waals surface area contributed by atoms with Crippen molar-refractivity contribution >= 4 is 32.4 Å². The van der Waals surface area contributed by atoms with Crippen molar-refractivity contribution in [3.8, 4) is 0 Å². The Hall–Kier alpha value is -3.76. The van der Waals surface area contributed by atoms with E-state index in [1.54, 1.807) is 30.3 Å². The normalized spacial score (nSPS) is 18.6. The molecule has 0 aliphatic carbocycles. The average Bonchev–Trinajstić information content (AvgIpc) is 3.32. The lowest BCUT2D eigenvalue weighted by Gasteiger charge is -2.38. The van der Waals surface area contributed by atoms with E-state index in [-0.39, 0.29) is 28.2 Å². The van der Waals surface area contributed by atoms with Gasteiger partial charge in [-0.15, -0.1) is 0 Å². The van der Waals surface area contributed by atoms with Gasteiger partial charge in [0.25, 0.3) is 10.0 Å². The van der Waals surface area contributed by atoms with Crippen molar-refractivity contribution in [2.45, 2.75) is 37.8 Å². The average molecular weight is 520 g/mol. The Morgan fingerprint density at radius 3 is 2.54 bits per heavy atom. The van der Waals surface area contributed by atoms with Crippen molar-refractivity contribution in [2.24, 2.45) is 5.92 Å². The molecule has 1 aliphatic heterocycles. The fourth-order valence-corrected chi connectivity index (χ4v) is 6.16. The highest BCUT2D eigenvalue weighted by Crippen LogP contribution is 2.35. The van der Waals surface area contributed by atoms with Gasteiger partial charge >= 0.3 is 5.69 Å². The summed E-state index contributed by atoms with van der Waals surface area (Å²) >= 11 is 0. The van der Waals surface area contributed by atoms with Gasteiger partial charge in [-0.25, -0.2) is 17.4 Å². The summed E-state index contributed by atoms with van der Waals surface area (Å²) in [6.45, 7) is 6.46. The summed E-state index contributed by atoms with van der Waals surface area (Å²) in [6.07, 6.45) is 3.49. The number of anilines is 1. The Kier molecular flexibility index (Phi) is 6.70. The maximum Gasteiger partial charge on any atom is 0.311 e. The molecule has 1 N–H and O–H groups in total. The molecule has 9 nitrogen and oxygen atoms in total. The van der Waals surface area contributed by atoms with Gasteiger partial charge in [0.05, 0.1) is 15.2 Å². The highest BCUT2D eigenvalue weighted by Gasteiger charge is 2.31. The molecule has 192 valence electrons. The largest absolute Gasteiger partial charge is 0.375 e. The molecule has 1 saturated heterocycles. The van der Waals surface area contributed by atoms with Crippen molar-refractivity contribution in [3.63, 3.8) is 0 Å². The summed E-state index contributed by atoms with van der Waals surface area (Å²) < 4.78 is 27.8. The van der Waals surface area contributed by atoms with E-state index >= 15 is 0 Å². The van der Waals surface area contributed by atoms with Crippen LogP contribution in [0.3, 0.4) is 0 Å². The Morgan fingerprint density at radius 2 is 1.84 bits per heavy atom. The first-order valence-corrected chi connectivity index (χ1v) is 13.7. The number of fused-ring (bicyclic) bond motifs is 1. The maximum absolute atomic E-state index is 13.4. The van der Waals surface area contributed by atoms with Crippen molar-refractivity contribution in [3.05, 3.63) is 94.3 Å². The van der Waals surface area contributed by atoms with Gasteiger partial charge < -0.3 is 5.32 Å². The van der Waals surface area contributed by atoms with Gasteiger partial charge in [-0.2, -0.15) is 0 Å². The Balaban J connectivity index is 1.50. The van der Waals surface area contributed by atoms with Crippen LogP contribution in [0, 0.1) is 23.0 Å². The van der Waals surface area contributed by atoms with Crippen molar-refractivity contribution in [1.82, 2.24) is 13.9 Å². The van der Waals surface area contributed by atoms with E-state index in [9.17, 15) is 18.5 Å². The van der Waals surface area contributed by atoms with Crippen LogP contribution >= 0.6 is 0 Å². The quantitative estimate of drug-likeness (QED) is 0.275. The fourth-order valence-electron chi connectivity index (χ4n) is 4.86. The van der Waals surface area contributed by atoms with Gasteiger partial charge in [0.15, 0.2) is 5.65 Å². The molecule has 0 saturated carbocycles. The lowest BCUT2D eigenvalue weighted by molar-refractivity contribution is -0.384. The number of hydrogen-bond acceptors (Lipinski definition) is 7. The van der Waals surface area contributed by atoms with Gasteiger partial charge in [-0.05, 0) is 49.6 Å². The van der Waals surface area contributed by atoms with E-state index in [1.165, 1.54) is 11.8 Å². The van der Waals surface area contributed by atoms with E-state index < -0.39 is 14.9 Å². The van der Waals surface area contributed by atoms with E-state index in [2.05, 4.69) is 34.3 Å². The molecule has 0 amide bonds. The molecular formula is C27H29N5O4S. The van der Waals surface area contributed by atoms with Crippen LogP contribution < -0.4 is 5.32 Å². The highest BCUT2D eigenvalue weighted by atomic mass is 32.2. The Labute approximate surface area is 216 Å². The summed E-state index contributed by atoms with van der Waals surface area (Å²) in [7, 11) is -3.93. The molecule has 0 spiro atoms. The first-order valence-electron chi connectivity index (χ1n) is 12.2. The number of benzene rings is 2. The van der Waals surface area contributed by atoms with Gasteiger partial charge in [0, 0.05) is 25.3 Å². The lowest BCUT2D eigenvalue weighted by Crippen LogP contribution is -2.46. The minimum absolute atomic E-state index is 0.0567. The van der Waals surface area contributed by atoms with Gasteiger partial charge in [-0.1, -0.05) is 55.0 Å². The maximum atomic E-state index is 13.4. The van der Waals surface area contributed by atoms with Crippen LogP contribution in [0.4, 0.5) is 11.4 Å². The highest BCUT2D eigenvalue weighted by molar-refractivity contribution is 7.90. The topological polar surface area (TPSA) is 110 Å². The van der Waals surface area contributed by atoms with Crippen molar-refractivity contribution in [2.75, 3.05) is 18.4 Å². The molecule has 5 rings (SSSR count). The number of aryl methyl sites for hydroxylation is 1. The van der Waals surface area contributed by atoms with Crippen LogP contribution in [0.5, 0.6) is 0 Å². The summed E-state index contributed by atoms with van der Waals surface area (Å²) in [5.41, 5.74) is 2.43. The molecule has 10 heteroatoms. The predicted octanol–water partition coefficient (Wildman–Crippen LogP) is 4.81. The molecule has 1 fully saturated rings. The van der Waals surface area contributed by atoms with Gasteiger partial charge in [-0.3, -0.25) is 15.0 Å². The number of aromatic nitrogens is 2. The fraction of sp³-hybridized carbons (Fsp3) is 0.296.